The minimum Gasteiger partial charge on any atom is -0.490 e. The van der Waals surface area contributed by atoms with Crippen LogP contribution in [0.3, 0.4) is 0 Å². The highest BCUT2D eigenvalue weighted by molar-refractivity contribution is 8.27. The van der Waals surface area contributed by atoms with Gasteiger partial charge >= 0.3 is 5.69 Å². The number of nitro groups is 1. The molecule has 2 aromatic carbocycles. The van der Waals surface area contributed by atoms with Crippen molar-refractivity contribution in [3.05, 3.63) is 67.0 Å². The SMILES string of the molecule is COc1ccc(/C=C2\SC(=S)N(c3ccc(Cl)cc3Cl)C2=O)cc1[N+](=O)[O-]. The van der Waals surface area contributed by atoms with Crippen molar-refractivity contribution in [2.45, 2.75) is 0 Å². The average Bonchev–Trinajstić information content (AvgIpc) is 2.89. The number of carbonyl (C=O) groups excluding carboxylic acids is 1. The molecule has 0 spiro atoms. The smallest absolute Gasteiger partial charge is 0.311 e. The Labute approximate surface area is 173 Å². The van der Waals surface area contributed by atoms with Crippen LogP contribution < -0.4 is 9.64 Å². The fourth-order valence-electron chi connectivity index (χ4n) is 2.43. The molecular formula is C17H10Cl2N2O4S2. The minimum atomic E-state index is -0.547. The van der Waals surface area contributed by atoms with Gasteiger partial charge in [0.2, 0.25) is 0 Å². The van der Waals surface area contributed by atoms with Crippen LogP contribution in [0.15, 0.2) is 41.3 Å². The molecule has 1 saturated heterocycles. The number of nitrogens with zero attached hydrogens (tertiary/aromatic N) is 2. The zero-order valence-electron chi connectivity index (χ0n) is 13.6. The largest absolute Gasteiger partial charge is 0.490 e. The summed E-state index contributed by atoms with van der Waals surface area (Å²) in [4.78, 5) is 25.1. The number of rotatable bonds is 4. The van der Waals surface area contributed by atoms with E-state index in [1.165, 1.54) is 36.3 Å². The lowest BCUT2D eigenvalue weighted by molar-refractivity contribution is -0.385. The summed E-state index contributed by atoms with van der Waals surface area (Å²) in [5.74, 6) is -0.231. The molecule has 6 nitrogen and oxygen atoms in total. The molecule has 1 amide bonds. The van der Waals surface area contributed by atoms with Crippen LogP contribution in [0.4, 0.5) is 11.4 Å². The van der Waals surface area contributed by atoms with Crippen molar-refractivity contribution in [3.63, 3.8) is 0 Å². The number of thioether (sulfide) groups is 1. The molecule has 0 bridgehead atoms. The van der Waals surface area contributed by atoms with Gasteiger partial charge in [0.25, 0.3) is 5.91 Å². The van der Waals surface area contributed by atoms with Gasteiger partial charge in [-0.25, -0.2) is 0 Å². The van der Waals surface area contributed by atoms with Gasteiger partial charge in [-0.1, -0.05) is 53.2 Å². The maximum Gasteiger partial charge on any atom is 0.311 e. The van der Waals surface area contributed by atoms with Crippen LogP contribution in [0.1, 0.15) is 5.56 Å². The van der Waals surface area contributed by atoms with Crippen LogP contribution in [0, 0.1) is 10.1 Å². The zero-order valence-corrected chi connectivity index (χ0v) is 16.8. The second-order valence-corrected chi connectivity index (χ2v) is 7.82. The van der Waals surface area contributed by atoms with Crippen LogP contribution in [0.25, 0.3) is 6.08 Å². The maximum absolute atomic E-state index is 12.8. The van der Waals surface area contributed by atoms with Crippen LogP contribution in [-0.2, 0) is 4.79 Å². The van der Waals surface area contributed by atoms with E-state index in [9.17, 15) is 14.9 Å². The Kier molecular flexibility index (Phi) is 5.71. The lowest BCUT2D eigenvalue weighted by Gasteiger charge is -2.16. The lowest BCUT2D eigenvalue weighted by atomic mass is 10.1. The molecule has 1 aliphatic heterocycles. The number of hydrogen-bond acceptors (Lipinski definition) is 6. The molecule has 0 aromatic heterocycles. The Balaban J connectivity index is 1.97. The number of hydrogen-bond donors (Lipinski definition) is 0. The molecular weight excluding hydrogens is 431 g/mol. The number of benzene rings is 2. The number of halogens is 2. The summed E-state index contributed by atoms with van der Waals surface area (Å²) in [7, 11) is 1.35. The lowest BCUT2D eigenvalue weighted by Crippen LogP contribution is -2.27. The van der Waals surface area contributed by atoms with Crippen molar-refractivity contribution in [2.24, 2.45) is 0 Å². The maximum atomic E-state index is 12.8. The third kappa shape index (κ3) is 3.93. The molecule has 138 valence electrons. The molecule has 1 fully saturated rings. The Morgan fingerprint density at radius 3 is 2.63 bits per heavy atom. The highest BCUT2D eigenvalue weighted by Crippen LogP contribution is 2.40. The summed E-state index contributed by atoms with van der Waals surface area (Å²) in [6, 6.07) is 9.16. The molecule has 0 N–H and O–H groups in total. The topological polar surface area (TPSA) is 72.7 Å². The minimum absolute atomic E-state index is 0.137. The predicted octanol–water partition coefficient (Wildman–Crippen LogP) is 5.32. The third-order valence-corrected chi connectivity index (χ3v) is 5.48. The summed E-state index contributed by atoms with van der Waals surface area (Å²) < 4.78 is 5.28. The number of thiocarbonyl (C=S) groups is 1. The van der Waals surface area contributed by atoms with Crippen molar-refractivity contribution < 1.29 is 14.5 Å². The highest BCUT2D eigenvalue weighted by atomic mass is 35.5. The molecule has 0 saturated carbocycles. The standard InChI is InChI=1S/C17H10Cl2N2O4S2/c1-25-14-5-2-9(6-13(14)21(23)24)7-15-16(22)20(17(26)27-15)12-4-3-10(18)8-11(12)19/h2-8H,1H3/b15-7-. The van der Waals surface area contributed by atoms with E-state index in [2.05, 4.69) is 0 Å². The van der Waals surface area contributed by atoms with Crippen LogP contribution in [-0.4, -0.2) is 22.3 Å². The second kappa shape index (κ2) is 7.85. The van der Waals surface area contributed by atoms with E-state index in [1.807, 2.05) is 0 Å². The van der Waals surface area contributed by atoms with Crippen molar-refractivity contribution in [1.29, 1.82) is 0 Å². The van der Waals surface area contributed by atoms with Crippen LogP contribution in [0.5, 0.6) is 5.75 Å². The quantitative estimate of drug-likeness (QED) is 0.277. The fourth-order valence-corrected chi connectivity index (χ4v) is 4.21. The summed E-state index contributed by atoms with van der Waals surface area (Å²) in [5, 5.41) is 11.9. The number of methoxy groups -OCH3 is 1. The Morgan fingerprint density at radius 2 is 2.00 bits per heavy atom. The first kappa shape index (κ1) is 19.6. The summed E-state index contributed by atoms with van der Waals surface area (Å²) >= 11 is 18.5. The third-order valence-electron chi connectivity index (χ3n) is 3.64. The summed E-state index contributed by atoms with van der Waals surface area (Å²) in [6.45, 7) is 0. The first-order valence-corrected chi connectivity index (χ1v) is 9.35. The van der Waals surface area contributed by atoms with E-state index in [0.717, 1.165) is 11.8 Å². The van der Waals surface area contributed by atoms with Gasteiger partial charge in [0.1, 0.15) is 0 Å². The highest BCUT2D eigenvalue weighted by Gasteiger charge is 2.34. The molecule has 27 heavy (non-hydrogen) atoms. The Hall–Kier alpha value is -2.13. The molecule has 1 aliphatic rings. The molecule has 3 rings (SSSR count). The second-order valence-electron chi connectivity index (χ2n) is 5.30. The first-order chi connectivity index (χ1) is 12.8. The van der Waals surface area contributed by atoms with E-state index < -0.39 is 4.92 Å². The van der Waals surface area contributed by atoms with Crippen molar-refractivity contribution in [1.82, 2.24) is 0 Å². The number of nitro benzene ring substituents is 1. The Morgan fingerprint density at radius 1 is 1.26 bits per heavy atom. The molecule has 1 heterocycles. The number of anilines is 1. The van der Waals surface area contributed by atoms with Gasteiger partial charge in [-0.3, -0.25) is 19.8 Å². The van der Waals surface area contributed by atoms with Crippen molar-refractivity contribution in [3.8, 4) is 5.75 Å². The fraction of sp³-hybridized carbons (Fsp3) is 0.0588. The molecule has 0 aliphatic carbocycles. The predicted molar refractivity (Wildman–Crippen MR) is 112 cm³/mol. The van der Waals surface area contributed by atoms with E-state index in [4.69, 9.17) is 40.2 Å². The zero-order chi connectivity index (χ0) is 19.7. The van der Waals surface area contributed by atoms with Gasteiger partial charge in [-0.05, 0) is 35.9 Å². The van der Waals surface area contributed by atoms with Gasteiger partial charge in [0.15, 0.2) is 10.1 Å². The van der Waals surface area contributed by atoms with E-state index in [1.54, 1.807) is 18.2 Å². The molecule has 0 atom stereocenters. The normalized spacial score (nSPS) is 15.5. The summed E-state index contributed by atoms with van der Waals surface area (Å²) in [6.07, 6.45) is 1.54. The van der Waals surface area contributed by atoms with Crippen LogP contribution in [0.2, 0.25) is 10.0 Å². The molecule has 0 radical (unpaired) electrons. The van der Waals surface area contributed by atoms with Crippen molar-refractivity contribution >= 4 is 74.9 Å². The average molecular weight is 441 g/mol. The van der Waals surface area contributed by atoms with Gasteiger partial charge in [-0.15, -0.1) is 0 Å². The Bertz CT molecular complexity index is 1010. The monoisotopic (exact) mass is 440 g/mol. The molecule has 2 aromatic rings. The summed E-state index contributed by atoms with van der Waals surface area (Å²) in [5.41, 5.74) is 0.709. The van der Waals surface area contributed by atoms with Gasteiger partial charge < -0.3 is 4.74 Å². The van der Waals surface area contributed by atoms with Crippen LogP contribution >= 0.6 is 47.2 Å². The van der Waals surface area contributed by atoms with E-state index in [-0.39, 0.29) is 17.3 Å². The van der Waals surface area contributed by atoms with Gasteiger partial charge in [0, 0.05) is 11.1 Å². The number of carbonyl (C=O) groups is 1. The molecule has 10 heteroatoms. The number of amides is 1. The van der Waals surface area contributed by atoms with E-state index >= 15 is 0 Å². The number of ether oxygens (including phenoxy) is 1. The first-order valence-electron chi connectivity index (χ1n) is 7.37. The van der Waals surface area contributed by atoms with Crippen molar-refractivity contribution in [2.75, 3.05) is 12.0 Å². The van der Waals surface area contributed by atoms with E-state index in [0.29, 0.717) is 30.5 Å². The van der Waals surface area contributed by atoms with Gasteiger partial charge in [-0.2, -0.15) is 0 Å². The molecule has 0 unspecified atom stereocenters. The van der Waals surface area contributed by atoms with Gasteiger partial charge in [0.05, 0.1) is 27.6 Å².